The Kier molecular flexibility index (Phi) is 7.18. The third-order valence-electron chi connectivity index (χ3n) is 11.9. The first kappa shape index (κ1) is 30.6. The van der Waals surface area contributed by atoms with Gasteiger partial charge in [-0.2, -0.15) is 0 Å². The number of benzene rings is 7. The minimum atomic E-state index is -0.0370. The predicted octanol–water partition coefficient (Wildman–Crippen LogP) is 14.7. The van der Waals surface area contributed by atoms with Crippen LogP contribution in [-0.2, 0) is 5.41 Å². The smallest absolute Gasteiger partial charge is 0.0546 e. The molecule has 0 amide bonds. The molecule has 0 bridgehead atoms. The first-order valence-electron chi connectivity index (χ1n) is 18.6. The molecule has 1 saturated carbocycles. The molecule has 0 spiro atoms. The zero-order valence-electron chi connectivity index (χ0n) is 29.3. The van der Waals surface area contributed by atoms with E-state index < -0.39 is 0 Å². The van der Waals surface area contributed by atoms with E-state index in [4.69, 9.17) is 0 Å². The zero-order valence-corrected chi connectivity index (χ0v) is 30.1. The summed E-state index contributed by atoms with van der Waals surface area (Å²) >= 11 is 1.89. The summed E-state index contributed by atoms with van der Waals surface area (Å²) in [5, 5.41) is 5.19. The fraction of sp³-hybridized carbons (Fsp3) is 0.184. The minimum Gasteiger partial charge on any atom is -0.310 e. The molecule has 248 valence electrons. The predicted molar refractivity (Wildman–Crippen MR) is 220 cm³/mol. The summed E-state index contributed by atoms with van der Waals surface area (Å²) < 4.78 is 2.66. The van der Waals surface area contributed by atoms with Gasteiger partial charge in [-0.15, -0.1) is 11.3 Å². The minimum absolute atomic E-state index is 0.0370. The van der Waals surface area contributed by atoms with Gasteiger partial charge in [-0.25, -0.2) is 0 Å². The van der Waals surface area contributed by atoms with Crippen molar-refractivity contribution in [3.8, 4) is 22.3 Å². The molecule has 51 heavy (non-hydrogen) atoms. The van der Waals surface area contributed by atoms with Gasteiger partial charge in [0.05, 0.1) is 5.69 Å². The van der Waals surface area contributed by atoms with Crippen LogP contribution in [0.1, 0.15) is 68.6 Å². The van der Waals surface area contributed by atoms with Crippen LogP contribution < -0.4 is 4.90 Å². The van der Waals surface area contributed by atoms with Crippen molar-refractivity contribution in [3.05, 3.63) is 162 Å². The van der Waals surface area contributed by atoms with E-state index in [-0.39, 0.29) is 5.41 Å². The number of hydrogen-bond acceptors (Lipinski definition) is 2. The highest BCUT2D eigenvalue weighted by molar-refractivity contribution is 7.25. The Labute approximate surface area is 304 Å². The molecule has 0 aliphatic heterocycles. The lowest BCUT2D eigenvalue weighted by atomic mass is 9.82. The second-order valence-electron chi connectivity index (χ2n) is 15.2. The Morgan fingerprint density at radius 1 is 0.549 bits per heavy atom. The van der Waals surface area contributed by atoms with Crippen molar-refractivity contribution in [1.82, 2.24) is 0 Å². The van der Waals surface area contributed by atoms with Crippen molar-refractivity contribution < 1.29 is 0 Å². The summed E-state index contributed by atoms with van der Waals surface area (Å²) in [7, 11) is 0. The lowest BCUT2D eigenvalue weighted by Crippen LogP contribution is -2.15. The SMILES string of the molecule is CC1(C)c2ccccc2-c2cc(N(c3ccc(C4CCCCC4)cc3)c3ccc4ccccc4c3-c3ccc4c(c3)sc3ccccc34)ccc21. The Morgan fingerprint density at radius 2 is 1.25 bits per heavy atom. The van der Waals surface area contributed by atoms with Crippen LogP contribution in [0.25, 0.3) is 53.2 Å². The Bertz CT molecular complexity index is 2600. The molecule has 0 N–H and O–H groups in total. The molecule has 1 heterocycles. The number of fused-ring (bicyclic) bond motifs is 7. The molecule has 8 aromatic rings. The van der Waals surface area contributed by atoms with Gasteiger partial charge in [0.1, 0.15) is 0 Å². The lowest BCUT2D eigenvalue weighted by Gasteiger charge is -2.30. The van der Waals surface area contributed by atoms with Crippen LogP contribution in [0.2, 0.25) is 0 Å². The van der Waals surface area contributed by atoms with Crippen LogP contribution >= 0.6 is 11.3 Å². The fourth-order valence-corrected chi connectivity index (χ4v) is 10.4. The van der Waals surface area contributed by atoms with Crippen LogP contribution in [0.15, 0.2) is 146 Å². The van der Waals surface area contributed by atoms with Crippen LogP contribution in [-0.4, -0.2) is 0 Å². The van der Waals surface area contributed by atoms with Gasteiger partial charge in [-0.05, 0) is 105 Å². The standard InChI is InChI=1S/C49H41NS/c1-49(2)43-18-10-8-16-39(43)42-31-37(26-28-44(42)49)50(36-24-20-33(21-25-36)32-12-4-3-5-13-32)45-29-23-34-14-6-7-15-38(34)48(45)35-22-27-41-40-17-9-11-19-46(40)51-47(41)30-35/h6-11,14-32H,3-5,12-13H2,1-2H3. The average Bonchev–Trinajstić information content (AvgIpc) is 3.66. The molecule has 1 nitrogen and oxygen atoms in total. The van der Waals surface area contributed by atoms with E-state index in [2.05, 4.69) is 164 Å². The monoisotopic (exact) mass is 675 g/mol. The molecular formula is C49H41NS. The molecule has 0 unspecified atom stereocenters. The normalized spacial score (nSPS) is 15.3. The molecule has 1 aromatic heterocycles. The number of hydrogen-bond donors (Lipinski definition) is 0. The zero-order chi connectivity index (χ0) is 34.1. The Morgan fingerprint density at radius 3 is 2.12 bits per heavy atom. The van der Waals surface area contributed by atoms with Crippen LogP contribution in [0, 0.1) is 0 Å². The van der Waals surface area contributed by atoms with Gasteiger partial charge in [-0.1, -0.05) is 136 Å². The molecule has 0 radical (unpaired) electrons. The van der Waals surface area contributed by atoms with Crippen molar-refractivity contribution in [3.63, 3.8) is 0 Å². The van der Waals surface area contributed by atoms with Gasteiger partial charge in [0.15, 0.2) is 0 Å². The molecule has 2 aliphatic carbocycles. The molecule has 0 saturated heterocycles. The van der Waals surface area contributed by atoms with Crippen molar-refractivity contribution >= 4 is 59.3 Å². The van der Waals surface area contributed by atoms with E-state index in [0.29, 0.717) is 5.92 Å². The highest BCUT2D eigenvalue weighted by Gasteiger charge is 2.35. The number of thiophene rings is 1. The van der Waals surface area contributed by atoms with E-state index in [1.807, 2.05) is 11.3 Å². The largest absolute Gasteiger partial charge is 0.310 e. The summed E-state index contributed by atoms with van der Waals surface area (Å²) in [5.41, 5.74) is 13.0. The topological polar surface area (TPSA) is 3.24 Å². The second kappa shape index (κ2) is 12.0. The Hall–Kier alpha value is -5.18. The molecule has 1 fully saturated rings. The van der Waals surface area contributed by atoms with E-state index in [1.165, 1.54) is 119 Å². The summed E-state index contributed by atoms with van der Waals surface area (Å²) in [5.74, 6) is 0.671. The van der Waals surface area contributed by atoms with Crippen molar-refractivity contribution in [2.24, 2.45) is 0 Å². The van der Waals surface area contributed by atoms with E-state index in [0.717, 1.165) is 0 Å². The number of rotatable bonds is 5. The fourth-order valence-electron chi connectivity index (χ4n) is 9.24. The first-order chi connectivity index (χ1) is 25.0. The molecule has 7 aromatic carbocycles. The van der Waals surface area contributed by atoms with E-state index >= 15 is 0 Å². The maximum Gasteiger partial charge on any atom is 0.0546 e. The number of anilines is 3. The van der Waals surface area contributed by atoms with Gasteiger partial charge < -0.3 is 4.90 Å². The molecule has 2 heteroatoms. The van der Waals surface area contributed by atoms with Gasteiger partial charge in [0, 0.05) is 42.5 Å². The summed E-state index contributed by atoms with van der Waals surface area (Å²) in [6.07, 6.45) is 6.67. The van der Waals surface area contributed by atoms with Gasteiger partial charge in [0.2, 0.25) is 0 Å². The van der Waals surface area contributed by atoms with E-state index in [1.54, 1.807) is 0 Å². The summed E-state index contributed by atoms with van der Waals surface area (Å²) in [4.78, 5) is 2.52. The maximum atomic E-state index is 2.52. The highest BCUT2D eigenvalue weighted by atomic mass is 32.1. The van der Waals surface area contributed by atoms with Crippen molar-refractivity contribution in [2.75, 3.05) is 4.90 Å². The van der Waals surface area contributed by atoms with Crippen LogP contribution in [0.5, 0.6) is 0 Å². The second-order valence-corrected chi connectivity index (χ2v) is 16.2. The summed E-state index contributed by atoms with van der Waals surface area (Å²) in [6, 6.07) is 55.2. The third kappa shape index (κ3) is 4.95. The maximum absolute atomic E-state index is 2.52. The summed E-state index contributed by atoms with van der Waals surface area (Å²) in [6.45, 7) is 4.73. The lowest BCUT2D eigenvalue weighted by molar-refractivity contribution is 0.443. The van der Waals surface area contributed by atoms with Crippen LogP contribution in [0.3, 0.4) is 0 Å². The molecule has 10 rings (SSSR count). The van der Waals surface area contributed by atoms with Gasteiger partial charge in [0.25, 0.3) is 0 Å². The van der Waals surface area contributed by atoms with Gasteiger partial charge in [-0.3, -0.25) is 0 Å². The highest BCUT2D eigenvalue weighted by Crippen LogP contribution is 2.52. The Balaban J connectivity index is 1.21. The molecule has 2 aliphatic rings. The average molecular weight is 676 g/mol. The van der Waals surface area contributed by atoms with Gasteiger partial charge >= 0.3 is 0 Å². The molecular weight excluding hydrogens is 635 g/mol. The van der Waals surface area contributed by atoms with E-state index in [9.17, 15) is 0 Å². The first-order valence-corrected chi connectivity index (χ1v) is 19.4. The quantitative estimate of drug-likeness (QED) is 0.175. The van der Waals surface area contributed by atoms with Crippen molar-refractivity contribution in [1.29, 1.82) is 0 Å². The van der Waals surface area contributed by atoms with Crippen LogP contribution in [0.4, 0.5) is 17.1 Å². The number of nitrogens with zero attached hydrogens (tertiary/aromatic N) is 1. The van der Waals surface area contributed by atoms with Crippen molar-refractivity contribution in [2.45, 2.75) is 57.3 Å². The third-order valence-corrected chi connectivity index (χ3v) is 13.0. The molecule has 0 atom stereocenters.